The third-order valence-electron chi connectivity index (χ3n) is 5.18. The van der Waals surface area contributed by atoms with E-state index in [1.165, 1.54) is 103 Å². The van der Waals surface area contributed by atoms with Crippen molar-refractivity contribution < 1.29 is 0 Å². The van der Waals surface area contributed by atoms with E-state index in [1.54, 1.807) is 0 Å². The minimum Gasteiger partial charge on any atom is -0.312 e. The average molecular weight is 280 g/mol. The summed E-state index contributed by atoms with van der Waals surface area (Å²) in [4.78, 5) is 0. The van der Waals surface area contributed by atoms with Gasteiger partial charge in [-0.05, 0) is 38.8 Å². The third-order valence-corrected chi connectivity index (χ3v) is 5.18. The van der Waals surface area contributed by atoms with Crippen molar-refractivity contribution >= 4 is 0 Å². The maximum atomic E-state index is 3.89. The predicted octanol–water partition coefficient (Wildman–Crippen LogP) is 4.39. The largest absolute Gasteiger partial charge is 0.312 e. The smallest absolute Gasteiger partial charge is 0.0221 e. The molecule has 0 bridgehead atoms. The number of nitrogens with one attached hydrogen (secondary N) is 2. The van der Waals surface area contributed by atoms with Crippen molar-refractivity contribution in [3.05, 3.63) is 0 Å². The third kappa shape index (κ3) is 6.58. The van der Waals surface area contributed by atoms with Gasteiger partial charge in [-0.3, -0.25) is 0 Å². The molecule has 2 nitrogen and oxygen atoms in total. The van der Waals surface area contributed by atoms with Crippen LogP contribution in [-0.4, -0.2) is 25.2 Å². The summed E-state index contributed by atoms with van der Waals surface area (Å²) in [6, 6.07) is 1.46. The van der Waals surface area contributed by atoms with E-state index in [2.05, 4.69) is 10.6 Å². The topological polar surface area (TPSA) is 24.1 Å². The number of hydrogen-bond donors (Lipinski definition) is 2. The second kappa shape index (κ2) is 10.6. The van der Waals surface area contributed by atoms with E-state index in [1.807, 2.05) is 0 Å². The summed E-state index contributed by atoms with van der Waals surface area (Å²) in [6.45, 7) is 2.48. The first-order valence-corrected chi connectivity index (χ1v) is 9.43. The summed E-state index contributed by atoms with van der Waals surface area (Å²) in [5, 5.41) is 7.76. The van der Waals surface area contributed by atoms with E-state index < -0.39 is 0 Å². The first-order chi connectivity index (χ1) is 9.97. The number of hydrogen-bond acceptors (Lipinski definition) is 2. The van der Waals surface area contributed by atoms with Crippen molar-refractivity contribution in [1.82, 2.24) is 10.6 Å². The van der Waals surface area contributed by atoms with Crippen LogP contribution < -0.4 is 10.6 Å². The van der Waals surface area contributed by atoms with Crippen LogP contribution in [0.1, 0.15) is 89.9 Å². The van der Waals surface area contributed by atoms with Crippen molar-refractivity contribution in [2.24, 2.45) is 0 Å². The van der Waals surface area contributed by atoms with E-state index in [0.717, 1.165) is 12.1 Å². The van der Waals surface area contributed by atoms with Crippen molar-refractivity contribution in [2.75, 3.05) is 13.1 Å². The molecular formula is C18H36N2. The van der Waals surface area contributed by atoms with Crippen LogP contribution in [0.25, 0.3) is 0 Å². The highest BCUT2D eigenvalue weighted by molar-refractivity contribution is 4.83. The normalized spacial score (nSPS) is 32.4. The zero-order valence-electron chi connectivity index (χ0n) is 13.5. The Kier molecular flexibility index (Phi) is 8.65. The summed E-state index contributed by atoms with van der Waals surface area (Å²) >= 11 is 0. The maximum Gasteiger partial charge on any atom is 0.0221 e. The Morgan fingerprint density at radius 1 is 0.400 bits per heavy atom. The molecule has 2 rings (SSSR count). The molecule has 0 aliphatic carbocycles. The SMILES string of the molecule is C1CCCCNC(C2CCCCCCCN2)CCCC1. The minimum atomic E-state index is 0.728. The van der Waals surface area contributed by atoms with Crippen molar-refractivity contribution in [3.8, 4) is 0 Å². The summed E-state index contributed by atoms with van der Waals surface area (Å²) < 4.78 is 0. The van der Waals surface area contributed by atoms with E-state index in [4.69, 9.17) is 0 Å². The van der Waals surface area contributed by atoms with Crippen LogP contribution in [0.4, 0.5) is 0 Å². The predicted molar refractivity (Wildman–Crippen MR) is 88.2 cm³/mol. The molecule has 2 atom stereocenters. The van der Waals surface area contributed by atoms with Gasteiger partial charge in [0.1, 0.15) is 0 Å². The highest BCUT2D eigenvalue weighted by Gasteiger charge is 2.20. The van der Waals surface area contributed by atoms with Crippen LogP contribution in [0.3, 0.4) is 0 Å². The molecule has 2 heteroatoms. The van der Waals surface area contributed by atoms with Crippen molar-refractivity contribution in [3.63, 3.8) is 0 Å². The van der Waals surface area contributed by atoms with Gasteiger partial charge in [-0.15, -0.1) is 0 Å². The van der Waals surface area contributed by atoms with Gasteiger partial charge in [0.05, 0.1) is 0 Å². The van der Waals surface area contributed by atoms with Crippen molar-refractivity contribution in [1.29, 1.82) is 0 Å². The lowest BCUT2D eigenvalue weighted by Crippen LogP contribution is -2.48. The Labute approximate surface area is 126 Å². The zero-order chi connectivity index (χ0) is 13.9. The molecule has 2 aliphatic rings. The molecule has 0 aromatic heterocycles. The molecule has 0 aromatic carbocycles. The Balaban J connectivity index is 1.82. The van der Waals surface area contributed by atoms with Gasteiger partial charge in [0.15, 0.2) is 0 Å². The maximum absolute atomic E-state index is 3.89. The zero-order valence-corrected chi connectivity index (χ0v) is 13.5. The molecule has 2 unspecified atom stereocenters. The second-order valence-corrected chi connectivity index (χ2v) is 6.94. The summed E-state index contributed by atoms with van der Waals surface area (Å²) in [5.41, 5.74) is 0. The van der Waals surface area contributed by atoms with Crippen LogP contribution >= 0.6 is 0 Å². The van der Waals surface area contributed by atoms with Gasteiger partial charge in [0.25, 0.3) is 0 Å². The Bertz CT molecular complexity index is 207. The van der Waals surface area contributed by atoms with Crippen LogP contribution in [0.5, 0.6) is 0 Å². The highest BCUT2D eigenvalue weighted by Crippen LogP contribution is 2.18. The summed E-state index contributed by atoms with van der Waals surface area (Å²) in [7, 11) is 0. The molecular weight excluding hydrogens is 244 g/mol. The fraction of sp³-hybridized carbons (Fsp3) is 1.00. The molecule has 2 N–H and O–H groups in total. The second-order valence-electron chi connectivity index (χ2n) is 6.94. The molecule has 2 saturated heterocycles. The first-order valence-electron chi connectivity index (χ1n) is 9.43. The Morgan fingerprint density at radius 3 is 1.20 bits per heavy atom. The van der Waals surface area contributed by atoms with Crippen LogP contribution in [-0.2, 0) is 0 Å². The van der Waals surface area contributed by atoms with Crippen LogP contribution in [0, 0.1) is 0 Å². The van der Waals surface area contributed by atoms with Gasteiger partial charge in [0, 0.05) is 12.1 Å². The average Bonchev–Trinajstić information content (AvgIpc) is 2.55. The molecule has 0 radical (unpaired) electrons. The van der Waals surface area contributed by atoms with Gasteiger partial charge in [0.2, 0.25) is 0 Å². The Morgan fingerprint density at radius 2 is 0.750 bits per heavy atom. The fourth-order valence-corrected chi connectivity index (χ4v) is 3.86. The lowest BCUT2D eigenvalue weighted by Gasteiger charge is -2.29. The summed E-state index contributed by atoms with van der Waals surface area (Å²) in [5.74, 6) is 0. The van der Waals surface area contributed by atoms with Gasteiger partial charge in [-0.1, -0.05) is 64.2 Å². The molecule has 2 aliphatic heterocycles. The highest BCUT2D eigenvalue weighted by atomic mass is 15.0. The van der Waals surface area contributed by atoms with Gasteiger partial charge >= 0.3 is 0 Å². The van der Waals surface area contributed by atoms with E-state index in [0.29, 0.717) is 0 Å². The monoisotopic (exact) mass is 280 g/mol. The molecule has 118 valence electrons. The first kappa shape index (κ1) is 16.3. The Hall–Kier alpha value is -0.0800. The van der Waals surface area contributed by atoms with E-state index >= 15 is 0 Å². The molecule has 0 saturated carbocycles. The van der Waals surface area contributed by atoms with Crippen LogP contribution in [0.2, 0.25) is 0 Å². The molecule has 0 spiro atoms. The summed E-state index contributed by atoms with van der Waals surface area (Å²) in [6.07, 6.45) is 20.0. The lowest BCUT2D eigenvalue weighted by atomic mass is 9.96. The van der Waals surface area contributed by atoms with E-state index in [9.17, 15) is 0 Å². The van der Waals surface area contributed by atoms with Gasteiger partial charge in [-0.2, -0.15) is 0 Å². The van der Waals surface area contributed by atoms with E-state index in [-0.39, 0.29) is 0 Å². The quantitative estimate of drug-likeness (QED) is 0.744. The molecule has 0 aromatic rings. The standard InChI is InChI=1S/C18H36N2/c1-2-5-9-13-17(19-15-11-7-3-1)18-14-10-6-4-8-12-16-20-18/h17-20H,1-16H2. The fourth-order valence-electron chi connectivity index (χ4n) is 3.86. The molecule has 2 heterocycles. The molecule has 2 fully saturated rings. The lowest BCUT2D eigenvalue weighted by molar-refractivity contribution is 0.326. The molecule has 0 amide bonds. The van der Waals surface area contributed by atoms with Gasteiger partial charge in [-0.25, -0.2) is 0 Å². The number of rotatable bonds is 1. The minimum absolute atomic E-state index is 0.728. The molecule has 20 heavy (non-hydrogen) atoms. The van der Waals surface area contributed by atoms with Gasteiger partial charge < -0.3 is 10.6 Å². The van der Waals surface area contributed by atoms with Crippen LogP contribution in [0.15, 0.2) is 0 Å². The van der Waals surface area contributed by atoms with Crippen molar-refractivity contribution in [2.45, 2.75) is 102 Å².